The van der Waals surface area contributed by atoms with Crippen LogP contribution in [0.15, 0.2) is 29.4 Å². The summed E-state index contributed by atoms with van der Waals surface area (Å²) in [5, 5.41) is 18.9. The molecule has 0 aliphatic heterocycles. The highest BCUT2D eigenvalue weighted by atomic mass is 16.4. The molecule has 1 aromatic heterocycles. The predicted octanol–water partition coefficient (Wildman–Crippen LogP) is 1.78. The van der Waals surface area contributed by atoms with E-state index in [0.29, 0.717) is 22.8 Å². The Labute approximate surface area is 121 Å². The quantitative estimate of drug-likeness (QED) is 0.879. The molecular weight excluding hydrogens is 272 g/mol. The first-order valence-electron chi connectivity index (χ1n) is 6.44. The Kier molecular flexibility index (Phi) is 3.63. The average Bonchev–Trinajstić information content (AvgIpc) is 2.36. The minimum Gasteiger partial charge on any atom is -0.480 e. The SMILES string of the molecule is CC1=CC(C(=O)O)(c2cc(C)nc(C)n2)CC(C(=O)O)=C1. The van der Waals surface area contributed by atoms with Crippen LogP contribution in [0.1, 0.15) is 30.6 Å². The first kappa shape index (κ1) is 14.9. The largest absolute Gasteiger partial charge is 0.480 e. The number of aryl methyl sites for hydroxylation is 2. The summed E-state index contributed by atoms with van der Waals surface area (Å²) in [7, 11) is 0. The van der Waals surface area contributed by atoms with Gasteiger partial charge in [-0.25, -0.2) is 14.8 Å². The van der Waals surface area contributed by atoms with Crippen molar-refractivity contribution in [2.75, 3.05) is 0 Å². The highest BCUT2D eigenvalue weighted by Crippen LogP contribution is 2.37. The molecule has 1 aliphatic rings. The number of aromatic nitrogens is 2. The summed E-state index contributed by atoms with van der Waals surface area (Å²) in [6, 6.07) is 1.59. The van der Waals surface area contributed by atoms with Crippen molar-refractivity contribution in [3.63, 3.8) is 0 Å². The van der Waals surface area contributed by atoms with Gasteiger partial charge in [0.2, 0.25) is 0 Å². The molecule has 0 saturated heterocycles. The van der Waals surface area contributed by atoms with Crippen molar-refractivity contribution >= 4 is 11.9 Å². The van der Waals surface area contributed by atoms with Crippen LogP contribution in [0.25, 0.3) is 0 Å². The van der Waals surface area contributed by atoms with Crippen molar-refractivity contribution in [1.82, 2.24) is 9.97 Å². The van der Waals surface area contributed by atoms with Crippen LogP contribution < -0.4 is 0 Å². The van der Waals surface area contributed by atoms with Gasteiger partial charge in [0, 0.05) is 17.7 Å². The van der Waals surface area contributed by atoms with Crippen LogP contribution in [-0.4, -0.2) is 32.1 Å². The molecule has 1 atom stereocenters. The zero-order valence-electron chi connectivity index (χ0n) is 12.0. The van der Waals surface area contributed by atoms with Gasteiger partial charge in [0.1, 0.15) is 11.2 Å². The van der Waals surface area contributed by atoms with Crippen LogP contribution in [-0.2, 0) is 15.0 Å². The van der Waals surface area contributed by atoms with Crippen molar-refractivity contribution in [3.05, 3.63) is 46.6 Å². The molecule has 110 valence electrons. The third kappa shape index (κ3) is 2.69. The van der Waals surface area contributed by atoms with Crippen LogP contribution in [0.5, 0.6) is 0 Å². The molecule has 1 aliphatic carbocycles. The molecule has 0 bridgehead atoms. The maximum absolute atomic E-state index is 11.9. The van der Waals surface area contributed by atoms with Crippen LogP contribution in [0.2, 0.25) is 0 Å². The normalized spacial score (nSPS) is 21.5. The molecular formula is C15H16N2O4. The number of carboxylic acids is 2. The van der Waals surface area contributed by atoms with E-state index >= 15 is 0 Å². The fourth-order valence-corrected chi connectivity index (χ4v) is 2.60. The summed E-state index contributed by atoms with van der Waals surface area (Å²) >= 11 is 0. The Morgan fingerprint density at radius 2 is 1.86 bits per heavy atom. The molecule has 0 saturated carbocycles. The van der Waals surface area contributed by atoms with Crippen LogP contribution in [0.3, 0.4) is 0 Å². The second kappa shape index (κ2) is 5.12. The zero-order chi connectivity index (χ0) is 15.8. The zero-order valence-corrected chi connectivity index (χ0v) is 12.0. The van der Waals surface area contributed by atoms with Gasteiger partial charge in [0.15, 0.2) is 0 Å². The molecule has 0 spiro atoms. The van der Waals surface area contributed by atoms with Gasteiger partial charge in [-0.05, 0) is 32.9 Å². The first-order chi connectivity index (χ1) is 9.74. The van der Waals surface area contributed by atoms with E-state index in [-0.39, 0.29) is 12.0 Å². The van der Waals surface area contributed by atoms with E-state index < -0.39 is 17.4 Å². The summed E-state index contributed by atoms with van der Waals surface area (Å²) in [4.78, 5) is 31.5. The Bertz CT molecular complexity index is 671. The van der Waals surface area contributed by atoms with Crippen molar-refractivity contribution in [2.24, 2.45) is 0 Å². The Balaban J connectivity index is 2.66. The first-order valence-corrected chi connectivity index (χ1v) is 6.44. The fourth-order valence-electron chi connectivity index (χ4n) is 2.60. The Morgan fingerprint density at radius 3 is 2.38 bits per heavy atom. The minimum absolute atomic E-state index is 0.0614. The lowest BCUT2D eigenvalue weighted by Gasteiger charge is -2.29. The van der Waals surface area contributed by atoms with Gasteiger partial charge in [-0.1, -0.05) is 11.6 Å². The van der Waals surface area contributed by atoms with E-state index in [1.807, 2.05) is 0 Å². The van der Waals surface area contributed by atoms with Gasteiger partial charge >= 0.3 is 11.9 Å². The predicted molar refractivity (Wildman–Crippen MR) is 74.9 cm³/mol. The molecule has 21 heavy (non-hydrogen) atoms. The lowest BCUT2D eigenvalue weighted by atomic mass is 9.73. The third-order valence-corrected chi connectivity index (χ3v) is 3.42. The Morgan fingerprint density at radius 1 is 1.19 bits per heavy atom. The molecule has 0 aromatic carbocycles. The van der Waals surface area contributed by atoms with Crippen molar-refractivity contribution in [2.45, 2.75) is 32.6 Å². The summed E-state index contributed by atoms with van der Waals surface area (Å²) in [5.41, 5.74) is 0.147. The van der Waals surface area contributed by atoms with Crippen molar-refractivity contribution < 1.29 is 19.8 Å². The maximum Gasteiger partial charge on any atom is 0.331 e. The molecule has 1 heterocycles. The molecule has 0 amide bonds. The van der Waals surface area contributed by atoms with Crippen LogP contribution in [0.4, 0.5) is 0 Å². The molecule has 1 aromatic rings. The molecule has 6 nitrogen and oxygen atoms in total. The second-order valence-corrected chi connectivity index (χ2v) is 5.26. The standard InChI is InChI=1S/C15H16N2O4/c1-8-4-11(13(18)19)7-15(6-8,14(20)21)12-5-9(2)16-10(3)17-12/h4-6H,7H2,1-3H3,(H,18,19)(H,20,21). The number of aliphatic carboxylic acids is 2. The number of carboxylic acid groups (broad SMARTS) is 2. The van der Waals surface area contributed by atoms with Gasteiger partial charge < -0.3 is 10.2 Å². The Hall–Kier alpha value is -2.50. The number of carbonyl (C=O) groups is 2. The number of hydrogen-bond acceptors (Lipinski definition) is 4. The van der Waals surface area contributed by atoms with E-state index in [9.17, 15) is 19.8 Å². The van der Waals surface area contributed by atoms with Gasteiger partial charge in [0.05, 0.1) is 5.69 Å². The average molecular weight is 288 g/mol. The lowest BCUT2D eigenvalue weighted by Crippen LogP contribution is -2.38. The maximum atomic E-state index is 11.9. The van der Waals surface area contributed by atoms with E-state index in [1.54, 1.807) is 32.9 Å². The van der Waals surface area contributed by atoms with Gasteiger partial charge in [-0.2, -0.15) is 0 Å². The summed E-state index contributed by atoms with van der Waals surface area (Å²) < 4.78 is 0. The summed E-state index contributed by atoms with van der Waals surface area (Å²) in [5.74, 6) is -1.77. The topological polar surface area (TPSA) is 100 Å². The summed E-state index contributed by atoms with van der Waals surface area (Å²) in [6.07, 6.45) is 2.91. The van der Waals surface area contributed by atoms with Crippen LogP contribution >= 0.6 is 0 Å². The third-order valence-electron chi connectivity index (χ3n) is 3.42. The summed E-state index contributed by atoms with van der Waals surface area (Å²) in [6.45, 7) is 5.11. The van der Waals surface area contributed by atoms with Gasteiger partial charge in [-0.3, -0.25) is 4.79 Å². The molecule has 6 heteroatoms. The highest BCUT2D eigenvalue weighted by Gasteiger charge is 2.43. The number of hydrogen-bond donors (Lipinski definition) is 2. The van der Waals surface area contributed by atoms with Crippen molar-refractivity contribution in [3.8, 4) is 0 Å². The number of nitrogens with zero attached hydrogens (tertiary/aromatic N) is 2. The van der Waals surface area contributed by atoms with Crippen LogP contribution in [0, 0.1) is 13.8 Å². The van der Waals surface area contributed by atoms with Crippen molar-refractivity contribution in [1.29, 1.82) is 0 Å². The number of rotatable bonds is 3. The highest BCUT2D eigenvalue weighted by molar-refractivity contribution is 5.93. The van der Waals surface area contributed by atoms with Gasteiger partial charge in [-0.15, -0.1) is 0 Å². The number of allylic oxidation sites excluding steroid dienone is 2. The molecule has 1 unspecified atom stereocenters. The monoisotopic (exact) mass is 288 g/mol. The van der Waals surface area contributed by atoms with E-state index in [4.69, 9.17) is 0 Å². The lowest BCUT2D eigenvalue weighted by molar-refractivity contribution is -0.142. The van der Waals surface area contributed by atoms with E-state index in [0.717, 1.165) is 0 Å². The molecule has 2 N–H and O–H groups in total. The van der Waals surface area contributed by atoms with E-state index in [2.05, 4.69) is 9.97 Å². The van der Waals surface area contributed by atoms with E-state index in [1.165, 1.54) is 6.08 Å². The minimum atomic E-state index is -1.47. The van der Waals surface area contributed by atoms with Gasteiger partial charge in [0.25, 0.3) is 0 Å². The molecule has 2 rings (SSSR count). The second-order valence-electron chi connectivity index (χ2n) is 5.26. The molecule has 0 fully saturated rings. The smallest absolute Gasteiger partial charge is 0.331 e. The molecule has 0 radical (unpaired) electrons. The fraction of sp³-hybridized carbons (Fsp3) is 0.333.